The Morgan fingerprint density at radius 1 is 0.977 bits per heavy atom. The molecular formula is C31H25Cl2F2N7O2. The topological polar surface area (TPSA) is 140 Å². The maximum absolute atomic E-state index is 14.8. The summed E-state index contributed by atoms with van der Waals surface area (Å²) in [4.78, 5) is 40.0. The standard InChI is InChI=1S/C31H25Cl2F2N7O2/c32-17-4-6-19-21(12-17)27(25-23(34)2-1-3-24(25)35)38-14-16-15-39-30(41-26(16)19)40-18-5-7-20(22(33)13-18)28(43)42-10-8-31(37,9-11-42)29(36)44/h1-7,12-13,15H,8-11,14,37H2,(H2,36,44)(H,39,40,41). The highest BCUT2D eigenvalue weighted by Gasteiger charge is 2.37. The first-order valence-electron chi connectivity index (χ1n) is 13.6. The van der Waals surface area contributed by atoms with Crippen molar-refractivity contribution < 1.29 is 18.4 Å². The van der Waals surface area contributed by atoms with E-state index in [2.05, 4.69) is 15.3 Å². The van der Waals surface area contributed by atoms with E-state index in [1.165, 1.54) is 18.2 Å². The van der Waals surface area contributed by atoms with Crippen LogP contribution in [0.15, 0.2) is 65.8 Å². The van der Waals surface area contributed by atoms with Crippen LogP contribution >= 0.6 is 23.2 Å². The summed E-state index contributed by atoms with van der Waals surface area (Å²) in [5.74, 6) is -2.14. The lowest BCUT2D eigenvalue weighted by molar-refractivity contribution is -0.124. The number of aliphatic imine (C=N–C) groups is 1. The Balaban J connectivity index is 1.27. The lowest BCUT2D eigenvalue weighted by Crippen LogP contribution is -2.59. The van der Waals surface area contributed by atoms with Crippen LogP contribution < -0.4 is 16.8 Å². The van der Waals surface area contributed by atoms with Crippen LogP contribution in [0.2, 0.25) is 10.0 Å². The molecule has 0 saturated carbocycles. The molecule has 1 saturated heterocycles. The third kappa shape index (κ3) is 5.49. The molecule has 3 aromatic carbocycles. The van der Waals surface area contributed by atoms with Gasteiger partial charge >= 0.3 is 0 Å². The molecule has 13 heteroatoms. The lowest BCUT2D eigenvalue weighted by atomic mass is 9.88. The highest BCUT2D eigenvalue weighted by Crippen LogP contribution is 2.35. The van der Waals surface area contributed by atoms with E-state index in [0.29, 0.717) is 38.7 Å². The van der Waals surface area contributed by atoms with Crippen LogP contribution in [0.4, 0.5) is 20.4 Å². The van der Waals surface area contributed by atoms with Gasteiger partial charge in [-0.15, -0.1) is 0 Å². The van der Waals surface area contributed by atoms with Gasteiger partial charge in [-0.3, -0.25) is 14.6 Å². The van der Waals surface area contributed by atoms with Crippen LogP contribution in [0.3, 0.4) is 0 Å². The van der Waals surface area contributed by atoms with Crippen LogP contribution in [0, 0.1) is 11.6 Å². The normalized spacial score (nSPS) is 15.5. The summed E-state index contributed by atoms with van der Waals surface area (Å²) >= 11 is 12.8. The number of benzene rings is 3. The van der Waals surface area contributed by atoms with Gasteiger partial charge < -0.3 is 21.7 Å². The fourth-order valence-corrected chi connectivity index (χ4v) is 5.78. The second-order valence-corrected chi connectivity index (χ2v) is 11.5. The van der Waals surface area contributed by atoms with Gasteiger partial charge in [0, 0.05) is 46.7 Å². The van der Waals surface area contributed by atoms with E-state index in [1.807, 2.05) is 0 Å². The van der Waals surface area contributed by atoms with Gasteiger partial charge in [-0.1, -0.05) is 35.3 Å². The van der Waals surface area contributed by atoms with E-state index in [1.54, 1.807) is 47.5 Å². The first kappa shape index (κ1) is 29.6. The maximum Gasteiger partial charge on any atom is 0.255 e. The molecule has 0 unspecified atom stereocenters. The average molecular weight is 636 g/mol. The molecular weight excluding hydrogens is 611 g/mol. The van der Waals surface area contributed by atoms with Crippen LogP contribution in [0.25, 0.3) is 11.3 Å². The molecule has 2 aliphatic rings. The average Bonchev–Trinajstić information content (AvgIpc) is 3.14. The number of rotatable bonds is 5. The summed E-state index contributed by atoms with van der Waals surface area (Å²) in [7, 11) is 0. The van der Waals surface area contributed by atoms with Gasteiger partial charge in [0.05, 0.1) is 39.6 Å². The van der Waals surface area contributed by atoms with E-state index >= 15 is 0 Å². The number of nitrogens with zero attached hydrogens (tertiary/aromatic N) is 4. The molecule has 9 nitrogen and oxygen atoms in total. The number of hydrogen-bond donors (Lipinski definition) is 3. The zero-order valence-electron chi connectivity index (χ0n) is 23.1. The molecule has 224 valence electrons. The lowest BCUT2D eigenvalue weighted by Gasteiger charge is -2.37. The molecule has 0 aliphatic carbocycles. The van der Waals surface area contributed by atoms with Crippen molar-refractivity contribution in [3.63, 3.8) is 0 Å². The Labute approximate surface area is 260 Å². The van der Waals surface area contributed by atoms with Gasteiger partial charge in [-0.25, -0.2) is 18.7 Å². The van der Waals surface area contributed by atoms with E-state index in [4.69, 9.17) is 39.7 Å². The Morgan fingerprint density at radius 3 is 2.39 bits per heavy atom. The van der Waals surface area contributed by atoms with Gasteiger partial charge in [0.15, 0.2) is 0 Å². The van der Waals surface area contributed by atoms with Crippen molar-refractivity contribution in [1.82, 2.24) is 14.9 Å². The number of carbonyl (C=O) groups excluding carboxylic acids is 2. The van der Waals surface area contributed by atoms with E-state index in [9.17, 15) is 18.4 Å². The monoisotopic (exact) mass is 635 g/mol. The molecule has 2 aliphatic heterocycles. The SMILES string of the molecule is NC(=O)C1(N)CCN(C(=O)c2ccc(Nc3ncc4c(n3)-c3ccc(Cl)cc3C(c3c(F)cccc3F)=NC4)cc2Cl)CC1. The highest BCUT2D eigenvalue weighted by molar-refractivity contribution is 6.34. The third-order valence-corrected chi connectivity index (χ3v) is 8.40. The minimum Gasteiger partial charge on any atom is -0.368 e. The zero-order valence-corrected chi connectivity index (χ0v) is 24.6. The van der Waals surface area contributed by atoms with Gasteiger partial charge in [0.25, 0.3) is 5.91 Å². The van der Waals surface area contributed by atoms with E-state index in [-0.39, 0.29) is 60.6 Å². The van der Waals surface area contributed by atoms with Crippen molar-refractivity contribution in [2.24, 2.45) is 16.5 Å². The fourth-order valence-electron chi connectivity index (χ4n) is 5.34. The van der Waals surface area contributed by atoms with Gasteiger partial charge in [0.2, 0.25) is 11.9 Å². The number of anilines is 2. The first-order valence-corrected chi connectivity index (χ1v) is 14.4. The van der Waals surface area contributed by atoms with Crippen molar-refractivity contribution in [3.8, 4) is 11.3 Å². The molecule has 6 rings (SSSR count). The number of likely N-dealkylation sites (tertiary alicyclic amines) is 1. The minimum absolute atomic E-state index is 0.0782. The van der Waals surface area contributed by atoms with Crippen molar-refractivity contribution in [2.75, 3.05) is 18.4 Å². The zero-order chi connectivity index (χ0) is 31.2. The Kier molecular flexibility index (Phi) is 7.79. The molecule has 0 atom stereocenters. The summed E-state index contributed by atoms with van der Waals surface area (Å²) in [5, 5.41) is 3.68. The smallest absolute Gasteiger partial charge is 0.255 e. The molecule has 44 heavy (non-hydrogen) atoms. The van der Waals surface area contributed by atoms with Crippen LogP contribution in [-0.4, -0.2) is 51.0 Å². The Bertz CT molecular complexity index is 1840. The number of nitrogens with two attached hydrogens (primary N) is 2. The summed E-state index contributed by atoms with van der Waals surface area (Å²) < 4.78 is 29.7. The first-order chi connectivity index (χ1) is 21.0. The van der Waals surface area contributed by atoms with Crippen LogP contribution in [-0.2, 0) is 11.3 Å². The van der Waals surface area contributed by atoms with Crippen LogP contribution in [0.1, 0.15) is 39.9 Å². The third-order valence-electron chi connectivity index (χ3n) is 7.85. The second kappa shape index (κ2) is 11.6. The molecule has 0 radical (unpaired) electrons. The highest BCUT2D eigenvalue weighted by atomic mass is 35.5. The van der Waals surface area contributed by atoms with Crippen LogP contribution in [0.5, 0.6) is 0 Å². The molecule has 4 aromatic rings. The number of hydrogen-bond acceptors (Lipinski definition) is 7. The number of fused-ring (bicyclic) bond motifs is 3. The quantitative estimate of drug-likeness (QED) is 0.274. The van der Waals surface area contributed by atoms with Crippen molar-refractivity contribution in [1.29, 1.82) is 0 Å². The fraction of sp³-hybridized carbons (Fsp3) is 0.194. The van der Waals surface area contributed by atoms with Crippen molar-refractivity contribution in [3.05, 3.63) is 105 Å². The van der Waals surface area contributed by atoms with Gasteiger partial charge in [0.1, 0.15) is 11.6 Å². The molecule has 1 aromatic heterocycles. The number of amides is 2. The molecule has 0 bridgehead atoms. The summed E-state index contributed by atoms with van der Waals surface area (Å²) in [6.45, 7) is 0.632. The summed E-state index contributed by atoms with van der Waals surface area (Å²) in [5.41, 5.74) is 13.2. The Hall–Kier alpha value is -4.45. The summed E-state index contributed by atoms with van der Waals surface area (Å²) in [6, 6.07) is 13.5. The predicted octanol–water partition coefficient (Wildman–Crippen LogP) is 5.24. The predicted molar refractivity (Wildman–Crippen MR) is 164 cm³/mol. The molecule has 3 heterocycles. The van der Waals surface area contributed by atoms with Gasteiger partial charge in [-0.05, 0) is 55.3 Å². The number of piperidine rings is 1. The van der Waals surface area contributed by atoms with Crippen molar-refractivity contribution in [2.45, 2.75) is 24.9 Å². The summed E-state index contributed by atoms with van der Waals surface area (Å²) in [6.07, 6.45) is 2.11. The molecule has 5 N–H and O–H groups in total. The van der Waals surface area contributed by atoms with Gasteiger partial charge in [-0.2, -0.15) is 0 Å². The van der Waals surface area contributed by atoms with E-state index < -0.39 is 23.1 Å². The molecule has 2 amide bonds. The number of halogens is 4. The van der Waals surface area contributed by atoms with Crippen molar-refractivity contribution >= 4 is 52.4 Å². The molecule has 0 spiro atoms. The number of carbonyl (C=O) groups is 2. The second-order valence-electron chi connectivity index (χ2n) is 10.7. The number of aromatic nitrogens is 2. The Morgan fingerprint density at radius 2 is 1.70 bits per heavy atom. The number of primary amides is 1. The minimum atomic E-state index is -1.13. The number of nitrogens with one attached hydrogen (secondary N) is 1. The largest absolute Gasteiger partial charge is 0.368 e. The molecule has 1 fully saturated rings. The maximum atomic E-state index is 14.8. The van der Waals surface area contributed by atoms with E-state index in [0.717, 1.165) is 0 Å².